The molecule has 4 unspecified atom stereocenters. The van der Waals surface area contributed by atoms with Crippen molar-refractivity contribution in [1.82, 2.24) is 25.3 Å². The Hall–Kier alpha value is -4.61. The first-order valence-electron chi connectivity index (χ1n) is 16.3. The maximum absolute atomic E-state index is 13.8. The number of hydrogen-bond acceptors (Lipinski definition) is 7. The predicted molar refractivity (Wildman–Crippen MR) is 173 cm³/mol. The number of aromatic hydroxyl groups is 1. The van der Waals surface area contributed by atoms with E-state index in [0.29, 0.717) is 51.9 Å². The molecule has 3 aliphatic rings. The van der Waals surface area contributed by atoms with Crippen LogP contribution in [0.1, 0.15) is 70.1 Å². The second-order valence-corrected chi connectivity index (χ2v) is 13.6. The van der Waals surface area contributed by atoms with Gasteiger partial charge in [0, 0.05) is 32.6 Å². The highest BCUT2D eigenvalue weighted by Crippen LogP contribution is 2.27. The van der Waals surface area contributed by atoms with Crippen molar-refractivity contribution in [2.75, 3.05) is 13.1 Å². The lowest BCUT2D eigenvalue weighted by Crippen LogP contribution is -2.57. The van der Waals surface area contributed by atoms with E-state index >= 15 is 0 Å². The molecule has 2 fully saturated rings. The number of phenols is 1. The van der Waals surface area contributed by atoms with E-state index in [1.807, 2.05) is 24.3 Å². The van der Waals surface area contributed by atoms with E-state index < -0.39 is 47.7 Å². The van der Waals surface area contributed by atoms with Crippen LogP contribution in [0.15, 0.2) is 48.5 Å². The molecule has 2 saturated heterocycles. The van der Waals surface area contributed by atoms with Crippen LogP contribution < -0.4 is 10.6 Å². The van der Waals surface area contributed by atoms with Crippen LogP contribution in [0.3, 0.4) is 0 Å². The summed E-state index contributed by atoms with van der Waals surface area (Å²) < 4.78 is 5.51. The molecular weight excluding hydrogens is 602 g/mol. The molecule has 0 radical (unpaired) electrons. The number of hydrogen-bond donors (Lipinski definition) is 3. The van der Waals surface area contributed by atoms with Crippen LogP contribution in [0, 0.1) is 0 Å². The highest BCUT2D eigenvalue weighted by atomic mass is 16.6. The third-order valence-corrected chi connectivity index (χ3v) is 8.90. The van der Waals surface area contributed by atoms with Gasteiger partial charge in [-0.1, -0.05) is 36.4 Å². The van der Waals surface area contributed by atoms with Gasteiger partial charge in [-0.05, 0) is 82.2 Å². The lowest BCUT2D eigenvalue weighted by molar-refractivity contribution is -0.142. The fraction of sp³-hybridized carbons (Fsp3) is 0.514. The van der Waals surface area contributed by atoms with Gasteiger partial charge in [-0.3, -0.25) is 24.1 Å². The van der Waals surface area contributed by atoms with Gasteiger partial charge in [-0.2, -0.15) is 0 Å². The van der Waals surface area contributed by atoms with E-state index in [1.54, 1.807) is 44.7 Å². The zero-order chi connectivity index (χ0) is 33.9. The smallest absolute Gasteiger partial charge is 0.410 e. The maximum atomic E-state index is 13.8. The Bertz CT molecular complexity index is 1480. The zero-order valence-corrected chi connectivity index (χ0v) is 27.5. The SMILES string of the molecule is CC(NC(=O)C1CCCN1C(=O)C1CCCN1C(=O)OC(C)(C)C)C(=O)NC(Cc1ccc(O)cc1)C(=O)N1Cc2ccccc2C1. The van der Waals surface area contributed by atoms with Crippen LogP contribution in [-0.2, 0) is 43.4 Å². The molecule has 47 heavy (non-hydrogen) atoms. The predicted octanol–water partition coefficient (Wildman–Crippen LogP) is 2.86. The van der Waals surface area contributed by atoms with Crippen molar-refractivity contribution in [2.24, 2.45) is 0 Å². The van der Waals surface area contributed by atoms with E-state index in [1.165, 1.54) is 21.9 Å². The third-order valence-electron chi connectivity index (χ3n) is 8.90. The first kappa shape index (κ1) is 33.7. The molecule has 3 aliphatic heterocycles. The summed E-state index contributed by atoms with van der Waals surface area (Å²) >= 11 is 0. The Balaban J connectivity index is 1.23. The summed E-state index contributed by atoms with van der Waals surface area (Å²) in [5, 5.41) is 15.3. The van der Waals surface area contributed by atoms with Gasteiger partial charge in [0.15, 0.2) is 0 Å². The summed E-state index contributed by atoms with van der Waals surface area (Å²) in [6.45, 7) is 8.50. The van der Waals surface area contributed by atoms with E-state index in [2.05, 4.69) is 10.6 Å². The summed E-state index contributed by atoms with van der Waals surface area (Å²) in [7, 11) is 0. The number of rotatable bonds is 8. The normalized spacial score (nSPS) is 20.4. The number of nitrogens with zero attached hydrogens (tertiary/aromatic N) is 3. The maximum Gasteiger partial charge on any atom is 0.410 e. The molecule has 2 aromatic carbocycles. The van der Waals surface area contributed by atoms with Crippen LogP contribution in [-0.4, -0.2) is 92.4 Å². The van der Waals surface area contributed by atoms with Gasteiger partial charge in [-0.25, -0.2) is 4.79 Å². The average Bonchev–Trinajstić information content (AvgIpc) is 3.80. The van der Waals surface area contributed by atoms with Gasteiger partial charge in [0.05, 0.1) is 0 Å². The number of nitrogens with one attached hydrogen (secondary N) is 2. The van der Waals surface area contributed by atoms with E-state index in [0.717, 1.165) is 16.7 Å². The molecule has 3 N–H and O–H groups in total. The number of carbonyl (C=O) groups is 5. The second kappa shape index (κ2) is 14.0. The van der Waals surface area contributed by atoms with Crippen molar-refractivity contribution >= 4 is 29.7 Å². The van der Waals surface area contributed by atoms with Crippen molar-refractivity contribution in [2.45, 2.75) is 103 Å². The summed E-state index contributed by atoms with van der Waals surface area (Å²) in [4.78, 5) is 71.8. The lowest BCUT2D eigenvalue weighted by atomic mass is 10.0. The van der Waals surface area contributed by atoms with Crippen molar-refractivity contribution in [1.29, 1.82) is 0 Å². The summed E-state index contributed by atoms with van der Waals surface area (Å²) in [5.41, 5.74) is 2.16. The molecule has 12 heteroatoms. The highest BCUT2D eigenvalue weighted by molar-refractivity contribution is 5.95. The van der Waals surface area contributed by atoms with Crippen LogP contribution >= 0.6 is 0 Å². The molecule has 4 atom stereocenters. The van der Waals surface area contributed by atoms with Crippen LogP contribution in [0.25, 0.3) is 0 Å². The number of phenolic OH excluding ortho intramolecular Hbond substituents is 1. The van der Waals surface area contributed by atoms with E-state index in [9.17, 15) is 29.1 Å². The molecule has 0 aliphatic carbocycles. The minimum Gasteiger partial charge on any atom is -0.508 e. The van der Waals surface area contributed by atoms with Crippen molar-refractivity contribution in [3.05, 3.63) is 65.2 Å². The average molecular weight is 648 g/mol. The van der Waals surface area contributed by atoms with Gasteiger partial charge in [0.1, 0.15) is 35.5 Å². The molecule has 12 nitrogen and oxygen atoms in total. The number of benzene rings is 2. The number of ether oxygens (including phenoxy) is 1. The Morgan fingerprint density at radius 3 is 2.09 bits per heavy atom. The fourth-order valence-electron chi connectivity index (χ4n) is 6.51. The monoisotopic (exact) mass is 647 g/mol. The molecule has 0 aromatic heterocycles. The molecule has 2 aromatic rings. The van der Waals surface area contributed by atoms with Crippen molar-refractivity contribution in [3.8, 4) is 5.75 Å². The number of fused-ring (bicyclic) bond motifs is 1. The quantitative estimate of drug-likeness (QED) is 0.399. The standard InChI is InChI=1S/C35H45N5O7/c1-22(36-31(43)28-11-7-17-39(28)33(45)29-12-8-18-40(29)34(46)47-35(2,3)4)30(42)37-27(19-23-13-15-26(41)16-14-23)32(44)38-20-24-9-5-6-10-25(24)21-38/h5-6,9-10,13-16,22,27-29,41H,7-8,11-12,17-21H2,1-4H3,(H,36,43)(H,37,42). The third kappa shape index (κ3) is 8.04. The molecule has 5 amide bonds. The molecule has 5 rings (SSSR count). The van der Waals surface area contributed by atoms with Crippen LogP contribution in [0.2, 0.25) is 0 Å². The molecule has 0 bridgehead atoms. The zero-order valence-electron chi connectivity index (χ0n) is 27.5. The summed E-state index contributed by atoms with van der Waals surface area (Å²) in [6.07, 6.45) is 1.84. The summed E-state index contributed by atoms with van der Waals surface area (Å²) in [5.74, 6) is -1.45. The molecule has 0 saturated carbocycles. The molecular formula is C35H45N5O7. The topological polar surface area (TPSA) is 149 Å². The van der Waals surface area contributed by atoms with Gasteiger partial charge < -0.3 is 30.3 Å². The lowest BCUT2D eigenvalue weighted by Gasteiger charge is -2.32. The van der Waals surface area contributed by atoms with Gasteiger partial charge in [0.25, 0.3) is 0 Å². The largest absolute Gasteiger partial charge is 0.508 e. The number of carbonyl (C=O) groups excluding carboxylic acids is 5. The van der Waals surface area contributed by atoms with Gasteiger partial charge in [0.2, 0.25) is 23.6 Å². The second-order valence-electron chi connectivity index (χ2n) is 13.6. The molecule has 0 spiro atoms. The van der Waals surface area contributed by atoms with Crippen LogP contribution in [0.5, 0.6) is 5.75 Å². The highest BCUT2D eigenvalue weighted by Gasteiger charge is 2.43. The number of amides is 5. The van der Waals surface area contributed by atoms with Gasteiger partial charge >= 0.3 is 6.09 Å². The number of likely N-dealkylation sites (tertiary alicyclic amines) is 2. The Morgan fingerprint density at radius 1 is 0.872 bits per heavy atom. The molecule has 252 valence electrons. The first-order chi connectivity index (χ1) is 22.3. The fourth-order valence-corrected chi connectivity index (χ4v) is 6.51. The molecule has 3 heterocycles. The first-order valence-corrected chi connectivity index (χ1v) is 16.3. The Labute approximate surface area is 275 Å². The Morgan fingerprint density at radius 2 is 1.47 bits per heavy atom. The van der Waals surface area contributed by atoms with Gasteiger partial charge in [-0.15, -0.1) is 0 Å². The van der Waals surface area contributed by atoms with E-state index in [-0.39, 0.29) is 24.0 Å². The minimum absolute atomic E-state index is 0.0944. The van der Waals surface area contributed by atoms with Crippen LogP contribution in [0.4, 0.5) is 4.79 Å². The summed E-state index contributed by atoms with van der Waals surface area (Å²) in [6, 6.07) is 10.9. The van der Waals surface area contributed by atoms with E-state index in [4.69, 9.17) is 4.74 Å². The minimum atomic E-state index is -0.990. The van der Waals surface area contributed by atoms with Crippen molar-refractivity contribution in [3.63, 3.8) is 0 Å². The Kier molecular flexibility index (Phi) is 10.1. The van der Waals surface area contributed by atoms with Crippen molar-refractivity contribution < 1.29 is 33.8 Å².